The molecule has 2 N–H and O–H groups in total. The van der Waals surface area contributed by atoms with Gasteiger partial charge in [0.25, 0.3) is 0 Å². The smallest absolute Gasteiger partial charge is 0.159 e. The summed E-state index contributed by atoms with van der Waals surface area (Å²) in [7, 11) is 0. The normalized spacial score (nSPS) is 10.3. The largest absolute Gasteiger partial charge is 0.366 e. The molecule has 3 aromatic rings. The number of aryl methyl sites for hydroxylation is 1. The molecule has 0 aliphatic rings. The van der Waals surface area contributed by atoms with Crippen molar-refractivity contribution in [1.29, 1.82) is 0 Å². The summed E-state index contributed by atoms with van der Waals surface area (Å²) >= 11 is 0. The van der Waals surface area contributed by atoms with Crippen LogP contribution in [0.3, 0.4) is 0 Å². The molecule has 2 aromatic carbocycles. The molecular weight excluding hydrogens is 312 g/mol. The molecule has 0 unspecified atom stereocenters. The van der Waals surface area contributed by atoms with E-state index >= 15 is 0 Å². The van der Waals surface area contributed by atoms with Crippen LogP contribution in [0.1, 0.15) is 28.7 Å². The molecule has 0 aliphatic heterocycles. The number of benzene rings is 2. The summed E-state index contributed by atoms with van der Waals surface area (Å²) in [4.78, 5) is 20.3. The fraction of sp³-hybridized carbons (Fsp3) is 0.150. The highest BCUT2D eigenvalue weighted by atomic mass is 16.1. The lowest BCUT2D eigenvalue weighted by molar-refractivity contribution is 0.101. The van der Waals surface area contributed by atoms with Crippen molar-refractivity contribution in [1.82, 2.24) is 9.97 Å². The van der Waals surface area contributed by atoms with Gasteiger partial charge < -0.3 is 10.6 Å². The average Bonchev–Trinajstić information content (AvgIpc) is 2.60. The third-order valence-electron chi connectivity index (χ3n) is 3.70. The van der Waals surface area contributed by atoms with Crippen LogP contribution in [0.15, 0.2) is 60.7 Å². The van der Waals surface area contributed by atoms with Gasteiger partial charge in [-0.05, 0) is 31.5 Å². The van der Waals surface area contributed by atoms with E-state index < -0.39 is 0 Å². The number of hydrogen-bond donors (Lipinski definition) is 2. The number of nitrogens with one attached hydrogen (secondary N) is 2. The minimum absolute atomic E-state index is 0.0349. The maximum atomic E-state index is 11.5. The van der Waals surface area contributed by atoms with Gasteiger partial charge in [0.1, 0.15) is 17.5 Å². The Morgan fingerprint density at radius 2 is 1.72 bits per heavy atom. The number of aromatic nitrogens is 2. The Hall–Kier alpha value is -3.21. The summed E-state index contributed by atoms with van der Waals surface area (Å²) in [6.07, 6.45) is 0. The summed E-state index contributed by atoms with van der Waals surface area (Å²) in [5.41, 5.74) is 2.67. The van der Waals surface area contributed by atoms with Crippen LogP contribution in [-0.4, -0.2) is 15.8 Å². The molecule has 1 aromatic heterocycles. The third-order valence-corrected chi connectivity index (χ3v) is 3.70. The van der Waals surface area contributed by atoms with Gasteiger partial charge in [-0.1, -0.05) is 42.5 Å². The van der Waals surface area contributed by atoms with E-state index in [0.29, 0.717) is 23.8 Å². The molecule has 0 amide bonds. The fourth-order valence-electron chi connectivity index (χ4n) is 2.47. The first-order valence-corrected chi connectivity index (χ1v) is 8.12. The summed E-state index contributed by atoms with van der Waals surface area (Å²) in [5, 5.41) is 6.55. The van der Waals surface area contributed by atoms with Crippen LogP contribution in [0.5, 0.6) is 0 Å². The lowest BCUT2D eigenvalue weighted by atomic mass is 10.1. The first-order chi connectivity index (χ1) is 12.1. The van der Waals surface area contributed by atoms with Crippen LogP contribution >= 0.6 is 0 Å². The zero-order valence-electron chi connectivity index (χ0n) is 14.3. The molecule has 25 heavy (non-hydrogen) atoms. The van der Waals surface area contributed by atoms with Crippen molar-refractivity contribution in [3.63, 3.8) is 0 Å². The molecule has 0 radical (unpaired) electrons. The molecule has 0 spiro atoms. The topological polar surface area (TPSA) is 66.9 Å². The predicted molar refractivity (Wildman–Crippen MR) is 100 cm³/mol. The van der Waals surface area contributed by atoms with Crippen LogP contribution in [0.4, 0.5) is 17.3 Å². The molecule has 0 saturated heterocycles. The SMILES string of the molecule is CC(=O)c1cccc(Nc2cc(NCc3ccccc3)nc(C)n2)c1. The molecular formula is C20H20N4O. The number of rotatable bonds is 6. The second-order valence-corrected chi connectivity index (χ2v) is 5.79. The van der Waals surface area contributed by atoms with Crippen molar-refractivity contribution in [2.45, 2.75) is 20.4 Å². The van der Waals surface area contributed by atoms with Crippen molar-refractivity contribution in [2.24, 2.45) is 0 Å². The van der Waals surface area contributed by atoms with E-state index in [1.54, 1.807) is 13.0 Å². The minimum atomic E-state index is 0.0349. The lowest BCUT2D eigenvalue weighted by Gasteiger charge is -2.11. The molecule has 0 fully saturated rings. The van der Waals surface area contributed by atoms with Crippen LogP contribution in [-0.2, 0) is 6.54 Å². The zero-order chi connectivity index (χ0) is 17.6. The third kappa shape index (κ3) is 4.64. The number of Topliss-reactive ketones (excluding diaryl/α,β-unsaturated/α-hetero) is 1. The van der Waals surface area contributed by atoms with Gasteiger partial charge in [-0.15, -0.1) is 0 Å². The van der Waals surface area contributed by atoms with Gasteiger partial charge >= 0.3 is 0 Å². The molecule has 126 valence electrons. The first kappa shape index (κ1) is 16.6. The van der Waals surface area contributed by atoms with Gasteiger partial charge in [0.05, 0.1) is 0 Å². The fourth-order valence-corrected chi connectivity index (χ4v) is 2.47. The molecule has 0 saturated carbocycles. The van der Waals surface area contributed by atoms with E-state index in [9.17, 15) is 4.79 Å². The molecule has 0 atom stereocenters. The molecule has 5 heteroatoms. The Kier molecular flexibility index (Phi) is 5.04. The molecule has 0 bridgehead atoms. The minimum Gasteiger partial charge on any atom is -0.366 e. The second-order valence-electron chi connectivity index (χ2n) is 5.79. The number of anilines is 3. The first-order valence-electron chi connectivity index (χ1n) is 8.12. The van der Waals surface area contributed by atoms with Crippen LogP contribution in [0.25, 0.3) is 0 Å². The number of carbonyl (C=O) groups is 1. The van der Waals surface area contributed by atoms with Crippen molar-refractivity contribution < 1.29 is 4.79 Å². The summed E-state index contributed by atoms with van der Waals surface area (Å²) in [6, 6.07) is 19.4. The molecule has 5 nitrogen and oxygen atoms in total. The Balaban J connectivity index is 1.75. The number of nitrogens with zero attached hydrogens (tertiary/aromatic N) is 2. The standard InChI is InChI=1S/C20H20N4O/c1-14(25)17-9-6-10-18(11-17)24-20-12-19(22-15(2)23-20)21-13-16-7-4-3-5-8-16/h3-12H,13H2,1-2H3,(H2,21,22,23,24). The van der Waals surface area contributed by atoms with Crippen molar-refractivity contribution in [2.75, 3.05) is 10.6 Å². The van der Waals surface area contributed by atoms with Gasteiger partial charge in [0.15, 0.2) is 5.78 Å². The second kappa shape index (κ2) is 7.57. The van der Waals surface area contributed by atoms with Crippen LogP contribution in [0.2, 0.25) is 0 Å². The maximum Gasteiger partial charge on any atom is 0.159 e. The van der Waals surface area contributed by atoms with E-state index in [4.69, 9.17) is 0 Å². The van der Waals surface area contributed by atoms with Gasteiger partial charge in [-0.3, -0.25) is 4.79 Å². The molecule has 3 rings (SSSR count). The highest BCUT2D eigenvalue weighted by Gasteiger charge is 2.05. The maximum absolute atomic E-state index is 11.5. The van der Waals surface area contributed by atoms with Gasteiger partial charge in [0, 0.05) is 23.9 Å². The Morgan fingerprint density at radius 3 is 2.48 bits per heavy atom. The number of carbonyl (C=O) groups excluding carboxylic acids is 1. The van der Waals surface area contributed by atoms with Gasteiger partial charge in [0.2, 0.25) is 0 Å². The Morgan fingerprint density at radius 1 is 0.960 bits per heavy atom. The highest BCUT2D eigenvalue weighted by Crippen LogP contribution is 2.19. The van der Waals surface area contributed by atoms with Crippen molar-refractivity contribution >= 4 is 23.1 Å². The van der Waals surface area contributed by atoms with E-state index in [0.717, 1.165) is 11.5 Å². The molecule has 1 heterocycles. The van der Waals surface area contributed by atoms with Gasteiger partial charge in [-0.25, -0.2) is 9.97 Å². The van der Waals surface area contributed by atoms with Gasteiger partial charge in [-0.2, -0.15) is 0 Å². The van der Waals surface area contributed by atoms with E-state index in [2.05, 4.69) is 32.7 Å². The predicted octanol–water partition coefficient (Wildman–Crippen LogP) is 4.34. The van der Waals surface area contributed by atoms with Crippen molar-refractivity contribution in [3.8, 4) is 0 Å². The Labute approximate surface area is 147 Å². The van der Waals surface area contributed by atoms with Crippen LogP contribution in [0, 0.1) is 6.92 Å². The van der Waals surface area contributed by atoms with Crippen molar-refractivity contribution in [3.05, 3.63) is 77.6 Å². The van der Waals surface area contributed by atoms with E-state index in [1.807, 2.05) is 49.4 Å². The number of ketones is 1. The van der Waals surface area contributed by atoms with E-state index in [-0.39, 0.29) is 5.78 Å². The number of hydrogen-bond acceptors (Lipinski definition) is 5. The summed E-state index contributed by atoms with van der Waals surface area (Å²) in [5.74, 6) is 2.14. The average molecular weight is 332 g/mol. The highest BCUT2D eigenvalue weighted by molar-refractivity contribution is 5.95. The Bertz CT molecular complexity index is 878. The molecule has 0 aliphatic carbocycles. The summed E-state index contributed by atoms with van der Waals surface area (Å²) in [6.45, 7) is 4.10. The lowest BCUT2D eigenvalue weighted by Crippen LogP contribution is -2.05. The van der Waals surface area contributed by atoms with E-state index in [1.165, 1.54) is 5.56 Å². The van der Waals surface area contributed by atoms with Crippen LogP contribution < -0.4 is 10.6 Å². The quantitative estimate of drug-likeness (QED) is 0.657. The monoisotopic (exact) mass is 332 g/mol. The zero-order valence-corrected chi connectivity index (χ0v) is 14.3. The summed E-state index contributed by atoms with van der Waals surface area (Å²) < 4.78 is 0.